The maximum atomic E-state index is 12.1. The maximum absolute atomic E-state index is 12.1. The van der Waals surface area contributed by atoms with E-state index in [4.69, 9.17) is 20.8 Å². The van der Waals surface area contributed by atoms with Gasteiger partial charge in [0, 0.05) is 17.4 Å². The van der Waals surface area contributed by atoms with Crippen LogP contribution in [-0.2, 0) is 14.0 Å². The molecule has 1 aromatic carbocycles. The van der Waals surface area contributed by atoms with Crippen molar-refractivity contribution in [1.29, 1.82) is 0 Å². The predicted octanol–water partition coefficient (Wildman–Crippen LogP) is 4.74. The fourth-order valence-corrected chi connectivity index (χ4v) is 3.89. The molecule has 0 aromatic heterocycles. The Bertz CT molecular complexity index is 560. The van der Waals surface area contributed by atoms with Crippen LogP contribution >= 0.6 is 11.6 Å². The van der Waals surface area contributed by atoms with E-state index in [9.17, 15) is 4.79 Å². The molecule has 0 saturated carbocycles. The molecule has 120 valence electrons. The van der Waals surface area contributed by atoms with Crippen LogP contribution in [0.2, 0.25) is 24.7 Å². The molecule has 1 aliphatic carbocycles. The van der Waals surface area contributed by atoms with Crippen molar-refractivity contribution in [2.24, 2.45) is 5.92 Å². The molecule has 0 radical (unpaired) electrons. The van der Waals surface area contributed by atoms with Gasteiger partial charge in [-0.15, -0.1) is 0 Å². The van der Waals surface area contributed by atoms with Crippen LogP contribution in [0.1, 0.15) is 24.3 Å². The number of hydrogen-bond donors (Lipinski definition) is 0. The summed E-state index contributed by atoms with van der Waals surface area (Å²) in [6.45, 7) is 6.49. The molecule has 0 amide bonds. The van der Waals surface area contributed by atoms with Gasteiger partial charge >= 0.3 is 5.97 Å². The predicted molar refractivity (Wildman–Crippen MR) is 91.4 cm³/mol. The summed E-state index contributed by atoms with van der Waals surface area (Å²) >= 11 is 5.97. The SMILES string of the molecule is COC(=O)[C@H]1CC=C(O[Si](C)(C)C)C[C@@H]1c1ccc(Cl)cc1. The van der Waals surface area contributed by atoms with Crippen molar-refractivity contribution in [2.75, 3.05) is 7.11 Å². The Morgan fingerprint density at radius 1 is 1.23 bits per heavy atom. The standard InChI is InChI=1S/C17H23ClO3Si/c1-20-17(19)15-10-9-14(21-22(2,3)4)11-16(15)12-5-7-13(18)8-6-12/h5-9,15-16H,10-11H2,1-4H3/t15-,16+/m0/s1. The lowest BCUT2D eigenvalue weighted by Crippen LogP contribution is -2.30. The third-order valence-corrected chi connectivity index (χ3v) is 4.87. The summed E-state index contributed by atoms with van der Waals surface area (Å²) in [7, 11) is -0.204. The van der Waals surface area contributed by atoms with Crippen LogP contribution in [0.15, 0.2) is 36.1 Å². The number of ether oxygens (including phenoxy) is 1. The molecule has 2 rings (SSSR count). The van der Waals surface area contributed by atoms with Gasteiger partial charge in [-0.25, -0.2) is 0 Å². The molecule has 0 bridgehead atoms. The van der Waals surface area contributed by atoms with Gasteiger partial charge in [-0.1, -0.05) is 23.7 Å². The number of carbonyl (C=O) groups is 1. The van der Waals surface area contributed by atoms with Gasteiger partial charge in [0.15, 0.2) is 0 Å². The van der Waals surface area contributed by atoms with Crippen molar-refractivity contribution in [2.45, 2.75) is 38.4 Å². The molecule has 0 saturated heterocycles. The fraction of sp³-hybridized carbons (Fsp3) is 0.471. The quantitative estimate of drug-likeness (QED) is 0.587. The molecule has 1 aromatic rings. The number of carbonyl (C=O) groups excluding carboxylic acids is 1. The van der Waals surface area contributed by atoms with Gasteiger partial charge in [-0.3, -0.25) is 4.79 Å². The second-order valence-corrected chi connectivity index (χ2v) is 11.5. The minimum absolute atomic E-state index is 0.0704. The second-order valence-electron chi connectivity index (χ2n) is 6.61. The van der Waals surface area contributed by atoms with E-state index in [1.54, 1.807) is 0 Å². The Labute approximate surface area is 138 Å². The fourth-order valence-electron chi connectivity index (χ4n) is 2.81. The zero-order valence-corrected chi connectivity index (χ0v) is 15.3. The zero-order valence-electron chi connectivity index (χ0n) is 13.6. The number of halogens is 1. The first-order chi connectivity index (χ1) is 10.3. The Morgan fingerprint density at radius 3 is 2.41 bits per heavy atom. The molecular formula is C17H23ClO3Si. The molecule has 0 fully saturated rings. The van der Waals surface area contributed by atoms with Crippen molar-refractivity contribution in [1.82, 2.24) is 0 Å². The lowest BCUT2D eigenvalue weighted by molar-refractivity contribution is -0.146. The highest BCUT2D eigenvalue weighted by atomic mass is 35.5. The van der Waals surface area contributed by atoms with E-state index in [-0.39, 0.29) is 17.8 Å². The summed E-state index contributed by atoms with van der Waals surface area (Å²) < 4.78 is 11.1. The van der Waals surface area contributed by atoms with E-state index in [0.29, 0.717) is 11.4 Å². The van der Waals surface area contributed by atoms with Gasteiger partial charge in [0.05, 0.1) is 18.8 Å². The van der Waals surface area contributed by atoms with E-state index < -0.39 is 8.32 Å². The minimum atomic E-state index is -1.65. The van der Waals surface area contributed by atoms with Gasteiger partial charge in [0.25, 0.3) is 0 Å². The van der Waals surface area contributed by atoms with Gasteiger partial charge in [0.1, 0.15) is 0 Å². The number of hydrogen-bond acceptors (Lipinski definition) is 3. The highest BCUT2D eigenvalue weighted by molar-refractivity contribution is 6.70. The Morgan fingerprint density at radius 2 is 1.86 bits per heavy atom. The average Bonchev–Trinajstić information content (AvgIpc) is 2.45. The lowest BCUT2D eigenvalue weighted by Gasteiger charge is -2.32. The second kappa shape index (κ2) is 6.88. The molecule has 5 heteroatoms. The maximum Gasteiger partial charge on any atom is 0.309 e. The van der Waals surface area contributed by atoms with E-state index in [1.807, 2.05) is 30.3 Å². The highest BCUT2D eigenvalue weighted by Gasteiger charge is 2.35. The highest BCUT2D eigenvalue weighted by Crippen LogP contribution is 2.39. The molecule has 0 unspecified atom stereocenters. The summed E-state index contributed by atoms with van der Waals surface area (Å²) in [5, 5.41) is 0.697. The van der Waals surface area contributed by atoms with E-state index in [1.165, 1.54) is 7.11 Å². The normalized spacial score (nSPS) is 22.0. The summed E-state index contributed by atoms with van der Waals surface area (Å²) in [6, 6.07) is 7.70. The summed E-state index contributed by atoms with van der Waals surface area (Å²) in [4.78, 5) is 12.1. The van der Waals surface area contributed by atoms with E-state index in [0.717, 1.165) is 17.7 Å². The van der Waals surface area contributed by atoms with Crippen LogP contribution in [0, 0.1) is 5.92 Å². The smallest absolute Gasteiger partial charge is 0.309 e. The molecule has 2 atom stereocenters. The molecule has 0 spiro atoms. The number of rotatable bonds is 4. The first-order valence-electron chi connectivity index (χ1n) is 7.51. The topological polar surface area (TPSA) is 35.5 Å². The van der Waals surface area contributed by atoms with Crippen LogP contribution in [0.4, 0.5) is 0 Å². The average molecular weight is 339 g/mol. The lowest BCUT2D eigenvalue weighted by atomic mass is 9.78. The Kier molecular flexibility index (Phi) is 5.35. The molecule has 3 nitrogen and oxygen atoms in total. The Balaban J connectivity index is 2.27. The number of esters is 1. The third kappa shape index (κ3) is 4.37. The van der Waals surface area contributed by atoms with Gasteiger partial charge in [-0.2, -0.15) is 0 Å². The zero-order chi connectivity index (χ0) is 16.3. The van der Waals surface area contributed by atoms with Crippen molar-refractivity contribution < 1.29 is 14.0 Å². The largest absolute Gasteiger partial charge is 0.548 e. The van der Waals surface area contributed by atoms with Crippen LogP contribution in [0.3, 0.4) is 0 Å². The summed E-state index contributed by atoms with van der Waals surface area (Å²) in [5.41, 5.74) is 1.10. The van der Waals surface area contributed by atoms with Crippen molar-refractivity contribution in [3.8, 4) is 0 Å². The van der Waals surface area contributed by atoms with E-state index in [2.05, 4.69) is 19.6 Å². The number of methoxy groups -OCH3 is 1. The van der Waals surface area contributed by atoms with Crippen LogP contribution in [0.5, 0.6) is 0 Å². The number of allylic oxidation sites excluding steroid dienone is 2. The molecule has 1 aliphatic rings. The molecule has 22 heavy (non-hydrogen) atoms. The van der Waals surface area contributed by atoms with Crippen molar-refractivity contribution >= 4 is 25.9 Å². The monoisotopic (exact) mass is 338 g/mol. The third-order valence-electron chi connectivity index (χ3n) is 3.75. The molecular weight excluding hydrogens is 316 g/mol. The first kappa shape index (κ1) is 17.1. The summed E-state index contributed by atoms with van der Waals surface area (Å²) in [5.74, 6) is 0.740. The van der Waals surface area contributed by atoms with Crippen LogP contribution < -0.4 is 0 Å². The Hall–Kier alpha value is -1.26. The molecule has 0 N–H and O–H groups in total. The van der Waals surface area contributed by atoms with Gasteiger partial charge < -0.3 is 9.16 Å². The van der Waals surface area contributed by atoms with E-state index >= 15 is 0 Å². The van der Waals surface area contributed by atoms with Crippen molar-refractivity contribution in [3.05, 3.63) is 46.7 Å². The summed E-state index contributed by atoms with van der Waals surface area (Å²) in [6.07, 6.45) is 3.43. The van der Waals surface area contributed by atoms with Crippen molar-refractivity contribution in [3.63, 3.8) is 0 Å². The first-order valence-corrected chi connectivity index (χ1v) is 11.3. The van der Waals surface area contributed by atoms with Crippen LogP contribution in [0.25, 0.3) is 0 Å². The number of benzene rings is 1. The van der Waals surface area contributed by atoms with Crippen LogP contribution in [-0.4, -0.2) is 21.4 Å². The molecule has 0 aliphatic heterocycles. The minimum Gasteiger partial charge on any atom is -0.548 e. The van der Waals surface area contributed by atoms with Gasteiger partial charge in [0.2, 0.25) is 8.32 Å². The van der Waals surface area contributed by atoms with Gasteiger partial charge in [-0.05, 0) is 49.8 Å². The molecule has 0 heterocycles.